The van der Waals surface area contributed by atoms with Gasteiger partial charge in [-0.15, -0.1) is 0 Å². The maximum absolute atomic E-state index is 13.5. The second kappa shape index (κ2) is 5.36. The van der Waals surface area contributed by atoms with Gasteiger partial charge in [-0.3, -0.25) is 4.79 Å². The van der Waals surface area contributed by atoms with E-state index in [4.69, 9.17) is 17.3 Å². The lowest BCUT2D eigenvalue weighted by Crippen LogP contribution is -2.06. The number of hydrogen-bond donors (Lipinski definition) is 1. The average Bonchev–Trinajstić information content (AvgIpc) is 2.36. The number of carbonyl (C=O) groups is 1. The van der Waals surface area contributed by atoms with Crippen LogP contribution in [0.25, 0.3) is 0 Å². The molecule has 2 N–H and O–H groups in total. The molecule has 0 unspecified atom stereocenters. The van der Waals surface area contributed by atoms with E-state index < -0.39 is 11.6 Å². The Labute approximate surface area is 113 Å². The molecule has 0 spiro atoms. The van der Waals surface area contributed by atoms with Gasteiger partial charge in [0.25, 0.3) is 0 Å². The Hall–Kier alpha value is -1.94. The summed E-state index contributed by atoms with van der Waals surface area (Å²) < 4.78 is 26.8. The van der Waals surface area contributed by atoms with Crippen molar-refractivity contribution in [2.24, 2.45) is 0 Å². The minimum atomic E-state index is -0.664. The van der Waals surface area contributed by atoms with Crippen molar-refractivity contribution in [3.05, 3.63) is 64.2 Å². The molecular formula is C14H10ClF2NO. The quantitative estimate of drug-likeness (QED) is 0.690. The number of Topliss-reactive ketones (excluding diaryl/α,β-unsaturated/α-hetero) is 1. The second-order valence-corrected chi connectivity index (χ2v) is 4.51. The molecule has 2 nitrogen and oxygen atoms in total. The van der Waals surface area contributed by atoms with E-state index in [1.54, 1.807) is 0 Å². The Bertz CT molecular complexity index is 643. The van der Waals surface area contributed by atoms with Crippen LogP contribution in [0.3, 0.4) is 0 Å². The molecule has 0 saturated carbocycles. The van der Waals surface area contributed by atoms with Crippen molar-refractivity contribution >= 4 is 23.1 Å². The van der Waals surface area contributed by atoms with Gasteiger partial charge in [-0.05, 0) is 35.9 Å². The van der Waals surface area contributed by atoms with Crippen molar-refractivity contribution in [3.63, 3.8) is 0 Å². The highest BCUT2D eigenvalue weighted by molar-refractivity contribution is 6.30. The summed E-state index contributed by atoms with van der Waals surface area (Å²) in [6.45, 7) is 0. The van der Waals surface area contributed by atoms with Gasteiger partial charge in [0.2, 0.25) is 0 Å². The van der Waals surface area contributed by atoms with Crippen LogP contribution < -0.4 is 5.73 Å². The van der Waals surface area contributed by atoms with E-state index in [0.29, 0.717) is 0 Å². The number of carbonyl (C=O) groups excluding carboxylic acids is 1. The Morgan fingerprint density at radius 3 is 2.47 bits per heavy atom. The van der Waals surface area contributed by atoms with Crippen molar-refractivity contribution in [1.82, 2.24) is 0 Å². The first-order chi connectivity index (χ1) is 8.97. The Morgan fingerprint density at radius 1 is 1.11 bits per heavy atom. The molecule has 0 atom stereocenters. The SMILES string of the molecule is Nc1ccc(C(=O)Cc2ccc(Cl)cc2F)cc1F. The Balaban J connectivity index is 2.23. The molecule has 0 aliphatic carbocycles. The summed E-state index contributed by atoms with van der Waals surface area (Å²) >= 11 is 5.62. The van der Waals surface area contributed by atoms with Crippen molar-refractivity contribution in [1.29, 1.82) is 0 Å². The predicted octanol–water partition coefficient (Wildman–Crippen LogP) is 3.63. The third kappa shape index (κ3) is 3.09. The van der Waals surface area contributed by atoms with E-state index in [1.165, 1.54) is 24.3 Å². The maximum Gasteiger partial charge on any atom is 0.167 e. The number of halogens is 3. The molecule has 2 rings (SSSR count). The Morgan fingerprint density at radius 2 is 1.84 bits per heavy atom. The Kier molecular flexibility index (Phi) is 3.81. The van der Waals surface area contributed by atoms with Gasteiger partial charge in [0.1, 0.15) is 11.6 Å². The van der Waals surface area contributed by atoms with Crippen LogP contribution in [0.5, 0.6) is 0 Å². The van der Waals surface area contributed by atoms with E-state index in [0.717, 1.165) is 12.1 Å². The van der Waals surface area contributed by atoms with Crippen LogP contribution in [0.4, 0.5) is 14.5 Å². The lowest BCUT2D eigenvalue weighted by Gasteiger charge is -2.05. The van der Waals surface area contributed by atoms with Crippen LogP contribution in [0.15, 0.2) is 36.4 Å². The molecule has 19 heavy (non-hydrogen) atoms. The molecule has 0 aliphatic rings. The highest BCUT2D eigenvalue weighted by atomic mass is 35.5. The molecule has 0 heterocycles. The molecule has 0 fully saturated rings. The van der Waals surface area contributed by atoms with Gasteiger partial charge in [0, 0.05) is 17.0 Å². The van der Waals surface area contributed by atoms with Gasteiger partial charge >= 0.3 is 0 Å². The van der Waals surface area contributed by atoms with Crippen LogP contribution in [0.2, 0.25) is 5.02 Å². The summed E-state index contributed by atoms with van der Waals surface area (Å²) in [5.74, 6) is -1.61. The lowest BCUT2D eigenvalue weighted by atomic mass is 10.0. The average molecular weight is 282 g/mol. The molecule has 5 heteroatoms. The monoisotopic (exact) mass is 281 g/mol. The number of ketones is 1. The molecular weight excluding hydrogens is 272 g/mol. The van der Waals surface area contributed by atoms with E-state index in [1.807, 2.05) is 0 Å². The zero-order valence-electron chi connectivity index (χ0n) is 9.79. The number of anilines is 1. The lowest BCUT2D eigenvalue weighted by molar-refractivity contribution is 0.0991. The van der Waals surface area contributed by atoms with Gasteiger partial charge in [-0.25, -0.2) is 8.78 Å². The standard InChI is InChI=1S/C14H10ClF2NO/c15-10-3-1-8(11(16)7-10)6-14(19)9-2-4-13(18)12(17)5-9/h1-5,7H,6,18H2. The van der Waals surface area contributed by atoms with Gasteiger partial charge in [0.05, 0.1) is 5.69 Å². The number of benzene rings is 2. The van der Waals surface area contributed by atoms with Crippen LogP contribution in [0, 0.1) is 11.6 Å². The second-order valence-electron chi connectivity index (χ2n) is 4.07. The molecule has 98 valence electrons. The zero-order valence-corrected chi connectivity index (χ0v) is 10.5. The summed E-state index contributed by atoms with van der Waals surface area (Å²) in [4.78, 5) is 11.9. The minimum Gasteiger partial charge on any atom is -0.396 e. The summed E-state index contributed by atoms with van der Waals surface area (Å²) in [5, 5.41) is 0.257. The highest BCUT2D eigenvalue weighted by Crippen LogP contribution is 2.18. The summed E-state index contributed by atoms with van der Waals surface area (Å²) in [7, 11) is 0. The van der Waals surface area contributed by atoms with Gasteiger partial charge in [-0.1, -0.05) is 17.7 Å². The van der Waals surface area contributed by atoms with Crippen LogP contribution in [-0.2, 0) is 6.42 Å². The molecule has 0 aromatic heterocycles. The normalized spacial score (nSPS) is 10.5. The first-order valence-corrected chi connectivity index (χ1v) is 5.87. The largest absolute Gasteiger partial charge is 0.396 e. The van der Waals surface area contributed by atoms with Crippen molar-refractivity contribution in [2.45, 2.75) is 6.42 Å². The van der Waals surface area contributed by atoms with Crippen molar-refractivity contribution < 1.29 is 13.6 Å². The van der Waals surface area contributed by atoms with E-state index >= 15 is 0 Å². The topological polar surface area (TPSA) is 43.1 Å². The smallest absolute Gasteiger partial charge is 0.167 e. The fraction of sp³-hybridized carbons (Fsp3) is 0.0714. The summed E-state index contributed by atoms with van der Waals surface area (Å²) in [5.41, 5.74) is 5.66. The first kappa shape index (κ1) is 13.5. The molecule has 0 radical (unpaired) electrons. The number of hydrogen-bond acceptors (Lipinski definition) is 2. The van der Waals surface area contributed by atoms with Crippen LogP contribution in [-0.4, -0.2) is 5.78 Å². The van der Waals surface area contributed by atoms with Gasteiger partial charge in [0.15, 0.2) is 5.78 Å². The minimum absolute atomic E-state index is 0.0331. The van der Waals surface area contributed by atoms with E-state index in [-0.39, 0.29) is 34.0 Å². The first-order valence-electron chi connectivity index (χ1n) is 5.49. The predicted molar refractivity (Wildman–Crippen MR) is 70.3 cm³/mol. The van der Waals surface area contributed by atoms with Gasteiger partial charge in [-0.2, -0.15) is 0 Å². The summed E-state index contributed by atoms with van der Waals surface area (Å²) in [6.07, 6.45) is -0.160. The third-order valence-corrected chi connectivity index (χ3v) is 2.92. The summed E-state index contributed by atoms with van der Waals surface area (Å²) in [6, 6.07) is 7.83. The van der Waals surface area contributed by atoms with E-state index in [9.17, 15) is 13.6 Å². The third-order valence-electron chi connectivity index (χ3n) is 2.69. The molecule has 2 aromatic rings. The zero-order chi connectivity index (χ0) is 14.0. The van der Waals surface area contributed by atoms with Crippen LogP contribution in [0.1, 0.15) is 15.9 Å². The van der Waals surface area contributed by atoms with Crippen LogP contribution >= 0.6 is 11.6 Å². The highest BCUT2D eigenvalue weighted by Gasteiger charge is 2.12. The molecule has 0 bridgehead atoms. The van der Waals surface area contributed by atoms with Gasteiger partial charge < -0.3 is 5.73 Å². The van der Waals surface area contributed by atoms with Crippen molar-refractivity contribution in [2.75, 3.05) is 5.73 Å². The number of nitrogen functional groups attached to an aromatic ring is 1. The molecule has 0 saturated heterocycles. The number of rotatable bonds is 3. The molecule has 0 aliphatic heterocycles. The van der Waals surface area contributed by atoms with E-state index in [2.05, 4.69) is 0 Å². The molecule has 2 aromatic carbocycles. The fourth-order valence-electron chi connectivity index (χ4n) is 1.64. The number of nitrogens with two attached hydrogens (primary N) is 1. The van der Waals surface area contributed by atoms with Crippen molar-refractivity contribution in [3.8, 4) is 0 Å². The molecule has 0 amide bonds. The fourth-order valence-corrected chi connectivity index (χ4v) is 1.80. The maximum atomic E-state index is 13.5.